The van der Waals surface area contributed by atoms with E-state index >= 15 is 0 Å². The van der Waals surface area contributed by atoms with Crippen LogP contribution in [-0.2, 0) is 0 Å². The van der Waals surface area contributed by atoms with Gasteiger partial charge in [0, 0.05) is 11.1 Å². The molecule has 4 heteroatoms. The maximum Gasteiger partial charge on any atom is 0.183 e. The first-order chi connectivity index (χ1) is 7.56. The molecule has 0 fully saturated rings. The third kappa shape index (κ3) is 2.79. The predicted molar refractivity (Wildman–Crippen MR) is 71.1 cm³/mol. The molecule has 0 bridgehead atoms. The van der Waals surface area contributed by atoms with Gasteiger partial charge in [0.1, 0.15) is 0 Å². The smallest absolute Gasteiger partial charge is 0.183 e. The van der Waals surface area contributed by atoms with Crippen molar-refractivity contribution in [3.8, 4) is 0 Å². The number of nitrogens with two attached hydrogens (primary N) is 1. The molecule has 0 aliphatic carbocycles. The van der Waals surface area contributed by atoms with Crippen LogP contribution in [0.1, 0.15) is 0 Å². The second-order valence-corrected chi connectivity index (χ2v) is 5.18. The molecule has 84 valence electrons. The van der Waals surface area contributed by atoms with E-state index in [4.69, 9.17) is 28.9 Å². The van der Waals surface area contributed by atoms with Gasteiger partial charge in [0.25, 0.3) is 0 Å². The molecule has 0 unspecified atom stereocenters. The quantitative estimate of drug-likeness (QED) is 0.652. The van der Waals surface area contributed by atoms with Crippen LogP contribution in [0.5, 0.6) is 0 Å². The summed E-state index contributed by atoms with van der Waals surface area (Å²) in [7, 11) is 0. The third-order valence-corrected chi connectivity index (χ3v) is 2.57. The molecule has 0 aromatic heterocycles. The molecular weight excluding hydrogens is 243 g/mol. The van der Waals surface area contributed by atoms with E-state index in [9.17, 15) is 0 Å². The molecule has 0 aliphatic heterocycles. The topological polar surface area (TPSA) is 38.0 Å². The summed E-state index contributed by atoms with van der Waals surface area (Å²) in [6.07, 6.45) is 0. The van der Waals surface area contributed by atoms with Crippen molar-refractivity contribution in [1.29, 1.82) is 0 Å². The van der Waals surface area contributed by atoms with Gasteiger partial charge >= 0.3 is 0 Å². The first-order valence-corrected chi connectivity index (χ1v) is 5.70. The first kappa shape index (κ1) is 11.5. The van der Waals surface area contributed by atoms with Crippen molar-refractivity contribution in [3.05, 3.63) is 42.5 Å². The molecule has 16 heavy (non-hydrogen) atoms. The first-order valence-electron chi connectivity index (χ1n) is 4.95. The summed E-state index contributed by atoms with van der Waals surface area (Å²) in [5.74, 6) is 0. The lowest BCUT2D eigenvalue weighted by molar-refractivity contribution is 0.862. The zero-order valence-electron chi connectivity index (χ0n) is 8.58. The summed E-state index contributed by atoms with van der Waals surface area (Å²) >= 11 is 11.4. The Morgan fingerprint density at radius 3 is 2.50 bits per heavy atom. The summed E-state index contributed by atoms with van der Waals surface area (Å²) in [6.45, 7) is 0.296. The van der Waals surface area contributed by atoms with Gasteiger partial charge in [-0.15, -0.1) is 0 Å². The monoisotopic (exact) mass is 254 g/mol. The van der Waals surface area contributed by atoms with Crippen LogP contribution in [0.3, 0.4) is 0 Å². The Hall–Kier alpha value is -0.960. The lowest BCUT2D eigenvalue weighted by Crippen LogP contribution is -2.34. The summed E-state index contributed by atoms with van der Waals surface area (Å²) in [5, 5.41) is 5.43. The molecular formula is C12H12Cl2N2. The minimum absolute atomic E-state index is 0.296. The number of rotatable bonds is 3. The van der Waals surface area contributed by atoms with Gasteiger partial charge in [0.15, 0.2) is 4.46 Å². The van der Waals surface area contributed by atoms with Crippen molar-refractivity contribution in [3.63, 3.8) is 0 Å². The second-order valence-electron chi connectivity index (χ2n) is 3.64. The fourth-order valence-electron chi connectivity index (χ4n) is 1.59. The van der Waals surface area contributed by atoms with Crippen LogP contribution in [0, 0.1) is 0 Å². The van der Waals surface area contributed by atoms with E-state index in [1.807, 2.05) is 30.3 Å². The van der Waals surface area contributed by atoms with Crippen molar-refractivity contribution < 1.29 is 0 Å². The summed E-state index contributed by atoms with van der Waals surface area (Å²) < 4.78 is -1.25. The van der Waals surface area contributed by atoms with Gasteiger partial charge in [-0.3, -0.25) is 5.73 Å². The Morgan fingerprint density at radius 2 is 1.75 bits per heavy atom. The van der Waals surface area contributed by atoms with E-state index in [1.54, 1.807) is 0 Å². The molecule has 0 saturated carbocycles. The zero-order chi connectivity index (χ0) is 11.6. The number of halogens is 2. The number of hydrogen-bond acceptors (Lipinski definition) is 2. The highest BCUT2D eigenvalue weighted by Crippen LogP contribution is 2.24. The van der Waals surface area contributed by atoms with Crippen LogP contribution in [0.4, 0.5) is 5.69 Å². The summed E-state index contributed by atoms with van der Waals surface area (Å²) in [6, 6.07) is 14.1. The van der Waals surface area contributed by atoms with Gasteiger partial charge < -0.3 is 5.32 Å². The van der Waals surface area contributed by atoms with Crippen LogP contribution >= 0.6 is 23.2 Å². The number of hydrogen-bond donors (Lipinski definition) is 2. The molecule has 0 heterocycles. The molecule has 2 aromatic carbocycles. The number of benzene rings is 2. The molecule has 3 N–H and O–H groups in total. The van der Waals surface area contributed by atoms with E-state index in [0.29, 0.717) is 6.54 Å². The van der Waals surface area contributed by atoms with Crippen LogP contribution in [0.2, 0.25) is 0 Å². The number of nitrogens with one attached hydrogen (secondary N) is 1. The van der Waals surface area contributed by atoms with Gasteiger partial charge in [-0.05, 0) is 11.5 Å². The minimum atomic E-state index is -1.25. The lowest BCUT2D eigenvalue weighted by Gasteiger charge is -2.16. The normalized spacial score (nSPS) is 11.7. The Bertz CT molecular complexity index is 486. The SMILES string of the molecule is NC(Cl)(Cl)CNc1cccc2ccccc12. The highest BCUT2D eigenvalue weighted by Gasteiger charge is 2.16. The molecule has 0 amide bonds. The zero-order valence-corrected chi connectivity index (χ0v) is 10.1. The van der Waals surface area contributed by atoms with Crippen molar-refractivity contribution >= 4 is 39.7 Å². The minimum Gasteiger partial charge on any atom is -0.380 e. The van der Waals surface area contributed by atoms with E-state index in [0.717, 1.165) is 11.1 Å². The summed E-state index contributed by atoms with van der Waals surface area (Å²) in [4.78, 5) is 0. The average molecular weight is 255 g/mol. The fourth-order valence-corrected chi connectivity index (χ4v) is 1.73. The predicted octanol–water partition coefficient (Wildman–Crippen LogP) is 3.34. The van der Waals surface area contributed by atoms with Gasteiger partial charge in [0.2, 0.25) is 0 Å². The Labute approximate surface area is 104 Å². The maximum atomic E-state index is 5.71. The highest BCUT2D eigenvalue weighted by molar-refractivity contribution is 6.48. The van der Waals surface area contributed by atoms with Crippen molar-refractivity contribution in [1.82, 2.24) is 0 Å². The van der Waals surface area contributed by atoms with E-state index in [-0.39, 0.29) is 0 Å². The van der Waals surface area contributed by atoms with Crippen molar-refractivity contribution in [2.45, 2.75) is 4.46 Å². The second kappa shape index (κ2) is 4.50. The molecule has 0 saturated heterocycles. The molecule has 2 aromatic rings. The standard InChI is InChI=1S/C12H12Cl2N2/c13-12(14,15)8-16-11-7-3-5-9-4-1-2-6-10(9)11/h1-7,16H,8,15H2. The Kier molecular flexibility index (Phi) is 3.24. The molecule has 2 rings (SSSR count). The number of alkyl halides is 2. The van der Waals surface area contributed by atoms with Crippen LogP contribution in [0.15, 0.2) is 42.5 Å². The van der Waals surface area contributed by atoms with Gasteiger partial charge in [0.05, 0.1) is 6.54 Å². The highest BCUT2D eigenvalue weighted by atomic mass is 35.5. The third-order valence-electron chi connectivity index (χ3n) is 2.30. The van der Waals surface area contributed by atoms with Crippen LogP contribution in [0.25, 0.3) is 10.8 Å². The molecule has 0 atom stereocenters. The molecule has 0 spiro atoms. The lowest BCUT2D eigenvalue weighted by atomic mass is 10.1. The van der Waals surface area contributed by atoms with Gasteiger partial charge in [-0.2, -0.15) is 0 Å². The van der Waals surface area contributed by atoms with E-state index < -0.39 is 4.46 Å². The largest absolute Gasteiger partial charge is 0.380 e. The fraction of sp³-hybridized carbons (Fsp3) is 0.167. The number of anilines is 1. The van der Waals surface area contributed by atoms with Crippen molar-refractivity contribution in [2.24, 2.45) is 5.73 Å². The van der Waals surface area contributed by atoms with Gasteiger partial charge in [-0.25, -0.2) is 0 Å². The van der Waals surface area contributed by atoms with Gasteiger partial charge in [-0.1, -0.05) is 59.6 Å². The van der Waals surface area contributed by atoms with E-state index in [2.05, 4.69) is 17.4 Å². The molecule has 2 nitrogen and oxygen atoms in total. The van der Waals surface area contributed by atoms with Crippen LogP contribution < -0.4 is 11.1 Å². The number of fused-ring (bicyclic) bond motifs is 1. The summed E-state index contributed by atoms with van der Waals surface area (Å²) in [5.41, 5.74) is 6.48. The Balaban J connectivity index is 2.30. The van der Waals surface area contributed by atoms with E-state index in [1.165, 1.54) is 5.39 Å². The van der Waals surface area contributed by atoms with Crippen molar-refractivity contribution in [2.75, 3.05) is 11.9 Å². The molecule has 0 aliphatic rings. The average Bonchev–Trinajstić information content (AvgIpc) is 2.25. The van der Waals surface area contributed by atoms with Crippen LogP contribution in [-0.4, -0.2) is 11.0 Å². The molecule has 0 radical (unpaired) electrons. The maximum absolute atomic E-state index is 5.71. The Morgan fingerprint density at radius 1 is 1.06 bits per heavy atom.